The van der Waals surface area contributed by atoms with Crippen molar-refractivity contribution in [1.29, 1.82) is 0 Å². The third-order valence-corrected chi connectivity index (χ3v) is 6.54. The van der Waals surface area contributed by atoms with Crippen molar-refractivity contribution in [3.05, 3.63) is 72.7 Å². The molecule has 0 saturated carbocycles. The number of aliphatic hydroxyl groups excluding tert-OH is 2. The Morgan fingerprint density at radius 2 is 1.74 bits per heavy atom. The van der Waals surface area contributed by atoms with Gasteiger partial charge in [-0.15, -0.1) is 0 Å². The molecule has 0 unspecified atom stereocenters. The van der Waals surface area contributed by atoms with E-state index in [1.807, 2.05) is 48.7 Å². The Morgan fingerprint density at radius 1 is 1.00 bits per heavy atom. The molecule has 1 aliphatic heterocycles. The van der Waals surface area contributed by atoms with Gasteiger partial charge in [-0.3, -0.25) is 0 Å². The lowest BCUT2D eigenvalue weighted by Gasteiger charge is -2.17. The van der Waals surface area contributed by atoms with Crippen LogP contribution in [-0.2, 0) is 11.2 Å². The van der Waals surface area contributed by atoms with Crippen molar-refractivity contribution in [3.8, 4) is 11.1 Å². The Kier molecular flexibility index (Phi) is 6.53. The Bertz CT molecular complexity index is 1310. The second kappa shape index (κ2) is 9.75. The van der Waals surface area contributed by atoms with E-state index in [1.54, 1.807) is 11.5 Å². The number of ether oxygens (including phenoxy) is 1. The lowest BCUT2D eigenvalue weighted by Crippen LogP contribution is -2.30. The molecule has 35 heavy (non-hydrogen) atoms. The van der Waals surface area contributed by atoms with Gasteiger partial charge in [0.1, 0.15) is 30.0 Å². The largest absolute Gasteiger partial charge is 0.388 e. The molecule has 182 valence electrons. The van der Waals surface area contributed by atoms with Crippen LogP contribution in [0.4, 0.5) is 11.5 Å². The molecule has 1 aliphatic rings. The normalized spacial score (nSPS) is 22.2. The Morgan fingerprint density at radius 3 is 2.46 bits per heavy atom. The summed E-state index contributed by atoms with van der Waals surface area (Å²) < 4.78 is 7.74. The fourth-order valence-electron chi connectivity index (χ4n) is 4.60. The highest BCUT2D eigenvalue weighted by Crippen LogP contribution is 2.39. The molecule has 0 amide bonds. The molecule has 2 aromatic carbocycles. The third-order valence-electron chi connectivity index (χ3n) is 6.54. The predicted molar refractivity (Wildman–Crippen MR) is 137 cm³/mol. The summed E-state index contributed by atoms with van der Waals surface area (Å²) in [5.74, 6) is 0.672. The van der Waals surface area contributed by atoms with E-state index < -0.39 is 24.5 Å². The molecule has 1 saturated heterocycles. The fraction of sp³-hybridized carbons (Fsp3) is 0.333. The van der Waals surface area contributed by atoms with Gasteiger partial charge in [-0.1, -0.05) is 48.5 Å². The number of benzene rings is 2. The second-order valence-electron chi connectivity index (χ2n) is 9.29. The van der Waals surface area contributed by atoms with Gasteiger partial charge in [0.2, 0.25) is 0 Å². The quantitative estimate of drug-likeness (QED) is 0.378. The average molecular weight is 474 g/mol. The van der Waals surface area contributed by atoms with Crippen molar-refractivity contribution in [1.82, 2.24) is 19.4 Å². The summed E-state index contributed by atoms with van der Waals surface area (Å²) in [6, 6.07) is 18.2. The molecule has 2 aromatic heterocycles. The maximum absolute atomic E-state index is 10.7. The minimum absolute atomic E-state index is 0.490. The van der Waals surface area contributed by atoms with E-state index in [-0.39, 0.29) is 0 Å². The summed E-state index contributed by atoms with van der Waals surface area (Å²) in [6.45, 7) is 2.69. The highest BCUT2D eigenvalue weighted by molar-refractivity contribution is 6.02. The third kappa shape index (κ3) is 4.53. The average Bonchev–Trinajstić information content (AvgIpc) is 3.37. The van der Waals surface area contributed by atoms with Crippen LogP contribution in [0.5, 0.6) is 0 Å². The number of aromatic nitrogens is 3. The van der Waals surface area contributed by atoms with Crippen molar-refractivity contribution in [2.24, 2.45) is 0 Å². The second-order valence-corrected chi connectivity index (χ2v) is 9.29. The minimum Gasteiger partial charge on any atom is -0.388 e. The monoisotopic (exact) mass is 473 g/mol. The van der Waals surface area contributed by atoms with Crippen LogP contribution in [0.2, 0.25) is 0 Å². The van der Waals surface area contributed by atoms with Gasteiger partial charge in [0.15, 0.2) is 6.23 Å². The SMILES string of the molecule is C[C@H]1O[C@@H](n2cc(-c3ccccc3)c3c(Nc4ccccc4CCN(C)C)ncnc32)[C@H](O)[C@@H]1O. The number of rotatable bonds is 7. The first kappa shape index (κ1) is 23.4. The van der Waals surface area contributed by atoms with E-state index in [4.69, 9.17) is 4.74 Å². The maximum atomic E-state index is 10.7. The van der Waals surface area contributed by atoms with E-state index in [0.29, 0.717) is 11.5 Å². The van der Waals surface area contributed by atoms with Crippen LogP contribution in [0.1, 0.15) is 18.7 Å². The number of nitrogens with one attached hydrogen (secondary N) is 1. The van der Waals surface area contributed by atoms with Crippen LogP contribution in [0.15, 0.2) is 67.1 Å². The first-order chi connectivity index (χ1) is 16.9. The van der Waals surface area contributed by atoms with Gasteiger partial charge in [-0.2, -0.15) is 0 Å². The van der Waals surface area contributed by atoms with Gasteiger partial charge >= 0.3 is 0 Å². The molecule has 8 nitrogen and oxygen atoms in total. The zero-order valence-electron chi connectivity index (χ0n) is 20.2. The highest BCUT2D eigenvalue weighted by atomic mass is 16.6. The van der Waals surface area contributed by atoms with E-state index in [2.05, 4.69) is 46.4 Å². The number of aliphatic hydroxyl groups is 2. The molecule has 0 aliphatic carbocycles. The molecule has 0 radical (unpaired) electrons. The molecular weight excluding hydrogens is 442 g/mol. The maximum Gasteiger partial charge on any atom is 0.164 e. The lowest BCUT2D eigenvalue weighted by molar-refractivity contribution is -0.0295. The number of hydrogen-bond acceptors (Lipinski definition) is 7. The summed E-state index contributed by atoms with van der Waals surface area (Å²) in [7, 11) is 4.13. The minimum atomic E-state index is -1.07. The van der Waals surface area contributed by atoms with Gasteiger partial charge in [-0.05, 0) is 44.6 Å². The van der Waals surface area contributed by atoms with Gasteiger partial charge in [-0.25, -0.2) is 9.97 Å². The van der Waals surface area contributed by atoms with Crippen molar-refractivity contribution >= 4 is 22.5 Å². The molecule has 0 spiro atoms. The topological polar surface area (TPSA) is 95.7 Å². The first-order valence-electron chi connectivity index (χ1n) is 11.9. The molecule has 3 N–H and O–H groups in total. The smallest absolute Gasteiger partial charge is 0.164 e. The Hall–Kier alpha value is -3.30. The van der Waals surface area contributed by atoms with Crippen LogP contribution in [0, 0.1) is 0 Å². The number of nitrogens with zero attached hydrogens (tertiary/aromatic N) is 4. The molecule has 4 aromatic rings. The van der Waals surface area contributed by atoms with E-state index >= 15 is 0 Å². The molecule has 1 fully saturated rings. The number of anilines is 2. The summed E-state index contributed by atoms with van der Waals surface area (Å²) in [5.41, 5.74) is 4.72. The molecule has 5 rings (SSSR count). The van der Waals surface area contributed by atoms with Gasteiger partial charge in [0, 0.05) is 24.0 Å². The van der Waals surface area contributed by atoms with Crippen LogP contribution in [-0.4, -0.2) is 68.6 Å². The standard InChI is InChI=1S/C27H31N5O3/c1-17-23(33)24(34)27(35-17)32-15-20(18-9-5-4-6-10-18)22-25(28-16-29-26(22)32)30-21-12-8-7-11-19(21)13-14-31(2)3/h4-12,15-17,23-24,27,33-34H,13-14H2,1-3H3,(H,28,29,30)/t17-,23-,24-,27-/m1/s1. The van der Waals surface area contributed by atoms with Crippen LogP contribution >= 0.6 is 0 Å². The van der Waals surface area contributed by atoms with E-state index in [0.717, 1.165) is 35.2 Å². The summed E-state index contributed by atoms with van der Waals surface area (Å²) >= 11 is 0. The van der Waals surface area contributed by atoms with Gasteiger partial charge < -0.3 is 29.7 Å². The number of fused-ring (bicyclic) bond motifs is 1. The summed E-state index contributed by atoms with van der Waals surface area (Å²) in [6.07, 6.45) is 1.05. The van der Waals surface area contributed by atoms with Crippen molar-refractivity contribution in [3.63, 3.8) is 0 Å². The molecule has 4 atom stereocenters. The molecular formula is C27H31N5O3. The van der Waals surface area contributed by atoms with Crippen molar-refractivity contribution in [2.45, 2.75) is 37.9 Å². The van der Waals surface area contributed by atoms with E-state index in [9.17, 15) is 10.2 Å². The Labute approximate surface area is 204 Å². The zero-order valence-corrected chi connectivity index (χ0v) is 20.2. The number of likely N-dealkylation sites (N-methyl/N-ethyl adjacent to an activating group) is 1. The van der Waals surface area contributed by atoms with Crippen molar-refractivity contribution < 1.29 is 14.9 Å². The van der Waals surface area contributed by atoms with Gasteiger partial charge in [0.05, 0.1) is 11.5 Å². The fourth-order valence-corrected chi connectivity index (χ4v) is 4.60. The molecule has 3 heterocycles. The number of para-hydroxylation sites is 1. The summed E-state index contributed by atoms with van der Waals surface area (Å²) in [4.78, 5) is 11.4. The van der Waals surface area contributed by atoms with Crippen LogP contribution in [0.25, 0.3) is 22.2 Å². The van der Waals surface area contributed by atoms with Crippen LogP contribution < -0.4 is 5.32 Å². The summed E-state index contributed by atoms with van der Waals surface area (Å²) in [5, 5.41) is 25.4. The van der Waals surface area contributed by atoms with Crippen LogP contribution in [0.3, 0.4) is 0 Å². The molecule has 8 heteroatoms. The highest BCUT2D eigenvalue weighted by Gasteiger charge is 2.42. The predicted octanol–water partition coefficient (Wildman–Crippen LogP) is 3.59. The lowest BCUT2D eigenvalue weighted by atomic mass is 10.1. The molecule has 0 bridgehead atoms. The van der Waals surface area contributed by atoms with E-state index in [1.165, 1.54) is 11.9 Å². The van der Waals surface area contributed by atoms with Gasteiger partial charge in [0.25, 0.3) is 0 Å². The van der Waals surface area contributed by atoms with Crippen molar-refractivity contribution in [2.75, 3.05) is 26.0 Å². The zero-order chi connectivity index (χ0) is 24.5. The number of hydrogen-bond donors (Lipinski definition) is 3. The Balaban J connectivity index is 1.63. The first-order valence-corrected chi connectivity index (χ1v) is 11.9.